The lowest BCUT2D eigenvalue weighted by Crippen LogP contribution is -2.26. The molecule has 1 aliphatic rings. The van der Waals surface area contributed by atoms with Gasteiger partial charge >= 0.3 is 0 Å². The maximum atomic E-state index is 4.48. The highest BCUT2D eigenvalue weighted by Gasteiger charge is 2.17. The Morgan fingerprint density at radius 1 is 1.47 bits per heavy atom. The van der Waals surface area contributed by atoms with Crippen LogP contribution in [0.15, 0.2) is 25.0 Å². The van der Waals surface area contributed by atoms with Crippen LogP contribution in [-0.2, 0) is 19.5 Å². The van der Waals surface area contributed by atoms with Gasteiger partial charge in [-0.2, -0.15) is 0 Å². The average Bonchev–Trinajstić information content (AvgIpc) is 2.96. The van der Waals surface area contributed by atoms with Crippen molar-refractivity contribution in [3.63, 3.8) is 0 Å². The molecule has 90 valence electrons. The minimum absolute atomic E-state index is 0.415. The Hall–Kier alpha value is -1.62. The van der Waals surface area contributed by atoms with Gasteiger partial charge in [-0.3, -0.25) is 0 Å². The quantitative estimate of drug-likeness (QED) is 0.857. The number of imidazole rings is 2. The first-order chi connectivity index (χ1) is 8.34. The standard InChI is InChI=1S/C12H17N5/c1-10(7-16-5-4-14-8-16)17-9-15-11-6-13-3-2-12(11)17/h4-5,8-10,13H,2-3,6-7H2,1H3. The normalized spacial score (nSPS) is 16.8. The van der Waals surface area contributed by atoms with Crippen molar-refractivity contribution in [2.24, 2.45) is 0 Å². The van der Waals surface area contributed by atoms with Gasteiger partial charge in [0.2, 0.25) is 0 Å². The third kappa shape index (κ3) is 1.98. The fourth-order valence-electron chi connectivity index (χ4n) is 2.43. The van der Waals surface area contributed by atoms with Crippen molar-refractivity contribution >= 4 is 0 Å². The van der Waals surface area contributed by atoms with Gasteiger partial charge in [0.15, 0.2) is 0 Å². The molecule has 0 spiro atoms. The van der Waals surface area contributed by atoms with Gasteiger partial charge in [-0.1, -0.05) is 0 Å². The van der Waals surface area contributed by atoms with Crippen LogP contribution in [0.3, 0.4) is 0 Å². The van der Waals surface area contributed by atoms with Gasteiger partial charge in [0.1, 0.15) is 0 Å². The molecule has 2 aromatic rings. The number of rotatable bonds is 3. The van der Waals surface area contributed by atoms with Crippen molar-refractivity contribution in [2.45, 2.75) is 32.5 Å². The molecule has 5 nitrogen and oxygen atoms in total. The molecule has 1 N–H and O–H groups in total. The van der Waals surface area contributed by atoms with E-state index in [0.29, 0.717) is 6.04 Å². The number of fused-ring (bicyclic) bond motifs is 1. The minimum atomic E-state index is 0.415. The fraction of sp³-hybridized carbons (Fsp3) is 0.500. The molecule has 0 bridgehead atoms. The second-order valence-corrected chi connectivity index (χ2v) is 4.58. The van der Waals surface area contributed by atoms with E-state index in [1.807, 2.05) is 25.0 Å². The molecule has 2 aromatic heterocycles. The van der Waals surface area contributed by atoms with Gasteiger partial charge in [-0.25, -0.2) is 9.97 Å². The Morgan fingerprint density at radius 2 is 2.41 bits per heavy atom. The molecular formula is C12H17N5. The van der Waals surface area contributed by atoms with E-state index in [1.165, 1.54) is 11.4 Å². The van der Waals surface area contributed by atoms with Gasteiger partial charge in [0.25, 0.3) is 0 Å². The molecule has 1 atom stereocenters. The smallest absolute Gasteiger partial charge is 0.0955 e. The van der Waals surface area contributed by atoms with Crippen molar-refractivity contribution in [3.05, 3.63) is 36.4 Å². The van der Waals surface area contributed by atoms with Crippen molar-refractivity contribution in [1.29, 1.82) is 0 Å². The fourth-order valence-corrected chi connectivity index (χ4v) is 2.43. The number of nitrogens with zero attached hydrogens (tertiary/aromatic N) is 4. The molecule has 1 aliphatic heterocycles. The molecule has 0 amide bonds. The summed E-state index contributed by atoms with van der Waals surface area (Å²) in [6.07, 6.45) is 8.73. The molecule has 0 fully saturated rings. The van der Waals surface area contributed by atoms with Crippen LogP contribution in [0.25, 0.3) is 0 Å². The first-order valence-corrected chi connectivity index (χ1v) is 6.05. The van der Waals surface area contributed by atoms with E-state index in [-0.39, 0.29) is 0 Å². The Balaban J connectivity index is 1.81. The highest BCUT2D eigenvalue weighted by Crippen LogP contribution is 2.18. The SMILES string of the molecule is CC(Cn1ccnc1)n1cnc2c1CCNC2. The van der Waals surface area contributed by atoms with E-state index in [2.05, 4.69) is 31.3 Å². The Labute approximate surface area is 100 Å². The zero-order chi connectivity index (χ0) is 11.7. The van der Waals surface area contributed by atoms with Crippen LogP contribution < -0.4 is 5.32 Å². The van der Waals surface area contributed by atoms with E-state index in [0.717, 1.165) is 26.1 Å². The van der Waals surface area contributed by atoms with Crippen LogP contribution >= 0.6 is 0 Å². The second-order valence-electron chi connectivity index (χ2n) is 4.58. The molecule has 0 aliphatic carbocycles. The molecule has 3 rings (SSSR count). The zero-order valence-corrected chi connectivity index (χ0v) is 10.0. The predicted molar refractivity (Wildman–Crippen MR) is 64.6 cm³/mol. The van der Waals surface area contributed by atoms with Crippen molar-refractivity contribution in [1.82, 2.24) is 24.4 Å². The van der Waals surface area contributed by atoms with E-state index < -0.39 is 0 Å². The predicted octanol–water partition coefficient (Wildman–Crippen LogP) is 0.986. The van der Waals surface area contributed by atoms with Crippen LogP contribution in [0.1, 0.15) is 24.4 Å². The Kier molecular flexibility index (Phi) is 2.68. The maximum Gasteiger partial charge on any atom is 0.0955 e. The monoisotopic (exact) mass is 231 g/mol. The van der Waals surface area contributed by atoms with Crippen LogP contribution in [0.5, 0.6) is 0 Å². The molecule has 0 saturated carbocycles. The molecular weight excluding hydrogens is 214 g/mol. The zero-order valence-electron chi connectivity index (χ0n) is 10.0. The molecule has 17 heavy (non-hydrogen) atoms. The van der Waals surface area contributed by atoms with Crippen molar-refractivity contribution < 1.29 is 0 Å². The summed E-state index contributed by atoms with van der Waals surface area (Å²) in [5.41, 5.74) is 2.59. The lowest BCUT2D eigenvalue weighted by Gasteiger charge is -2.20. The lowest BCUT2D eigenvalue weighted by atomic mass is 10.1. The number of hydrogen-bond acceptors (Lipinski definition) is 3. The van der Waals surface area contributed by atoms with E-state index >= 15 is 0 Å². The highest BCUT2D eigenvalue weighted by molar-refractivity contribution is 5.17. The molecule has 5 heteroatoms. The van der Waals surface area contributed by atoms with Crippen LogP contribution in [0.4, 0.5) is 0 Å². The summed E-state index contributed by atoms with van der Waals surface area (Å²) in [7, 11) is 0. The van der Waals surface area contributed by atoms with Crippen molar-refractivity contribution in [2.75, 3.05) is 6.54 Å². The van der Waals surface area contributed by atoms with Gasteiger partial charge in [0.05, 0.1) is 18.3 Å². The second kappa shape index (κ2) is 4.33. The summed E-state index contributed by atoms with van der Waals surface area (Å²) in [6, 6.07) is 0.415. The maximum absolute atomic E-state index is 4.48. The summed E-state index contributed by atoms with van der Waals surface area (Å²) in [5.74, 6) is 0. The third-order valence-corrected chi connectivity index (χ3v) is 3.32. The van der Waals surface area contributed by atoms with Crippen LogP contribution in [0, 0.1) is 0 Å². The molecule has 3 heterocycles. The first kappa shape index (κ1) is 10.5. The first-order valence-electron chi connectivity index (χ1n) is 6.05. The van der Waals surface area contributed by atoms with Crippen molar-refractivity contribution in [3.8, 4) is 0 Å². The van der Waals surface area contributed by atoms with Crippen LogP contribution in [0.2, 0.25) is 0 Å². The third-order valence-electron chi connectivity index (χ3n) is 3.32. The number of aromatic nitrogens is 4. The Bertz CT molecular complexity index is 485. The largest absolute Gasteiger partial charge is 0.335 e. The Morgan fingerprint density at radius 3 is 3.24 bits per heavy atom. The molecule has 0 radical (unpaired) electrons. The summed E-state index contributed by atoms with van der Waals surface area (Å²) in [5, 5.41) is 3.35. The van der Waals surface area contributed by atoms with Gasteiger partial charge in [-0.05, 0) is 6.92 Å². The summed E-state index contributed by atoms with van der Waals surface area (Å²) in [6.45, 7) is 5.12. The summed E-state index contributed by atoms with van der Waals surface area (Å²) >= 11 is 0. The van der Waals surface area contributed by atoms with E-state index in [4.69, 9.17) is 0 Å². The van der Waals surface area contributed by atoms with Gasteiger partial charge < -0.3 is 14.5 Å². The number of nitrogens with one attached hydrogen (secondary N) is 1. The van der Waals surface area contributed by atoms with Crippen LogP contribution in [-0.4, -0.2) is 25.6 Å². The minimum Gasteiger partial charge on any atom is -0.335 e. The average molecular weight is 231 g/mol. The van der Waals surface area contributed by atoms with E-state index in [1.54, 1.807) is 0 Å². The van der Waals surface area contributed by atoms with Gasteiger partial charge in [-0.15, -0.1) is 0 Å². The highest BCUT2D eigenvalue weighted by atomic mass is 15.1. The summed E-state index contributed by atoms with van der Waals surface area (Å²) in [4.78, 5) is 8.55. The van der Waals surface area contributed by atoms with Gasteiger partial charge in [0, 0.05) is 50.2 Å². The topological polar surface area (TPSA) is 47.7 Å². The summed E-state index contributed by atoms with van der Waals surface area (Å²) < 4.78 is 4.41. The van der Waals surface area contributed by atoms with E-state index in [9.17, 15) is 0 Å². The molecule has 0 saturated heterocycles. The molecule has 0 aromatic carbocycles. The molecule has 1 unspecified atom stereocenters. The lowest BCUT2D eigenvalue weighted by molar-refractivity contribution is 0.445. The number of hydrogen-bond donors (Lipinski definition) is 1.